The lowest BCUT2D eigenvalue weighted by molar-refractivity contribution is -0.137. The topological polar surface area (TPSA) is 49.8 Å². The third-order valence-corrected chi connectivity index (χ3v) is 2.28. The van der Waals surface area contributed by atoms with E-state index in [1.165, 1.54) is 6.07 Å². The molecule has 0 aliphatic carbocycles. The van der Waals surface area contributed by atoms with Gasteiger partial charge in [0.2, 0.25) is 0 Å². The van der Waals surface area contributed by atoms with Crippen molar-refractivity contribution < 1.29 is 13.2 Å². The second kappa shape index (κ2) is 4.54. The van der Waals surface area contributed by atoms with Crippen molar-refractivity contribution in [3.8, 4) is 6.07 Å². The molecule has 0 fully saturated rings. The summed E-state index contributed by atoms with van der Waals surface area (Å²) >= 11 is 0. The highest BCUT2D eigenvalue weighted by Gasteiger charge is 2.31. The van der Waals surface area contributed by atoms with Crippen molar-refractivity contribution in [2.24, 2.45) is 5.73 Å². The molecule has 5 heteroatoms. The Bertz CT molecular complexity index is 418. The monoisotopic (exact) mass is 228 g/mol. The summed E-state index contributed by atoms with van der Waals surface area (Å²) in [5.74, 6) is 0. The van der Waals surface area contributed by atoms with E-state index in [0.717, 1.165) is 12.1 Å². The Balaban J connectivity index is 3.28. The Kier molecular flexibility index (Phi) is 3.55. The van der Waals surface area contributed by atoms with Crippen LogP contribution in [-0.4, -0.2) is 0 Å². The number of hydrogen-bond donors (Lipinski definition) is 1. The van der Waals surface area contributed by atoms with Gasteiger partial charge in [0.1, 0.15) is 0 Å². The van der Waals surface area contributed by atoms with Gasteiger partial charge in [-0.2, -0.15) is 18.4 Å². The number of hydrogen-bond acceptors (Lipinski definition) is 2. The lowest BCUT2D eigenvalue weighted by Crippen LogP contribution is -2.12. The van der Waals surface area contributed by atoms with Gasteiger partial charge in [0, 0.05) is 6.04 Å². The number of rotatable bonds is 2. The molecule has 1 unspecified atom stereocenters. The molecule has 2 N–H and O–H groups in total. The molecule has 0 aliphatic heterocycles. The number of nitrogens with zero attached hydrogens (tertiary/aromatic N) is 1. The van der Waals surface area contributed by atoms with Crippen LogP contribution in [0.25, 0.3) is 0 Å². The van der Waals surface area contributed by atoms with E-state index in [2.05, 4.69) is 0 Å². The minimum atomic E-state index is -4.45. The summed E-state index contributed by atoms with van der Waals surface area (Å²) in [5.41, 5.74) is 5.15. The fraction of sp³-hybridized carbons (Fsp3) is 0.364. The van der Waals surface area contributed by atoms with Crippen molar-refractivity contribution in [3.63, 3.8) is 0 Å². The van der Waals surface area contributed by atoms with E-state index in [1.54, 1.807) is 13.0 Å². The van der Waals surface area contributed by atoms with Gasteiger partial charge >= 0.3 is 6.18 Å². The van der Waals surface area contributed by atoms with E-state index in [9.17, 15) is 13.2 Å². The second-order valence-electron chi connectivity index (χ2n) is 3.47. The summed E-state index contributed by atoms with van der Waals surface area (Å²) < 4.78 is 37.5. The molecule has 0 saturated heterocycles. The molecule has 0 bridgehead atoms. The molecule has 1 rings (SSSR count). The van der Waals surface area contributed by atoms with Gasteiger partial charge in [-0.1, -0.05) is 6.92 Å². The lowest BCUT2D eigenvalue weighted by Gasteiger charge is -2.13. The van der Waals surface area contributed by atoms with E-state index < -0.39 is 17.8 Å². The van der Waals surface area contributed by atoms with Gasteiger partial charge in [0.05, 0.1) is 17.2 Å². The number of alkyl halides is 3. The Labute approximate surface area is 91.5 Å². The van der Waals surface area contributed by atoms with E-state index in [4.69, 9.17) is 11.0 Å². The summed E-state index contributed by atoms with van der Waals surface area (Å²) in [4.78, 5) is 0. The van der Waals surface area contributed by atoms with Crippen molar-refractivity contribution in [2.45, 2.75) is 25.6 Å². The quantitative estimate of drug-likeness (QED) is 0.845. The van der Waals surface area contributed by atoms with Crippen molar-refractivity contribution >= 4 is 0 Å². The fourth-order valence-electron chi connectivity index (χ4n) is 1.33. The average Bonchev–Trinajstić information content (AvgIpc) is 2.26. The van der Waals surface area contributed by atoms with Gasteiger partial charge in [-0.3, -0.25) is 0 Å². The van der Waals surface area contributed by atoms with Gasteiger partial charge in [-0.05, 0) is 30.2 Å². The van der Waals surface area contributed by atoms with Gasteiger partial charge in [-0.25, -0.2) is 0 Å². The van der Waals surface area contributed by atoms with Crippen molar-refractivity contribution in [2.75, 3.05) is 0 Å². The van der Waals surface area contributed by atoms with Crippen LogP contribution in [0.15, 0.2) is 18.2 Å². The molecule has 0 radical (unpaired) electrons. The normalized spacial score (nSPS) is 13.2. The molecule has 86 valence electrons. The van der Waals surface area contributed by atoms with Crippen LogP contribution in [0.1, 0.15) is 36.1 Å². The molecule has 0 saturated carbocycles. The van der Waals surface area contributed by atoms with Crippen molar-refractivity contribution in [3.05, 3.63) is 34.9 Å². The van der Waals surface area contributed by atoms with E-state index in [0.29, 0.717) is 12.0 Å². The molecule has 2 nitrogen and oxygen atoms in total. The van der Waals surface area contributed by atoms with Crippen LogP contribution in [0, 0.1) is 11.3 Å². The highest BCUT2D eigenvalue weighted by molar-refractivity contribution is 5.39. The highest BCUT2D eigenvalue weighted by Crippen LogP contribution is 2.31. The Morgan fingerprint density at radius 1 is 1.38 bits per heavy atom. The maximum Gasteiger partial charge on any atom is 0.416 e. The van der Waals surface area contributed by atoms with Crippen molar-refractivity contribution in [1.29, 1.82) is 5.26 Å². The summed E-state index contributed by atoms with van der Waals surface area (Å²) in [6.07, 6.45) is -3.93. The summed E-state index contributed by atoms with van der Waals surface area (Å²) in [6, 6.07) is 4.44. The smallest absolute Gasteiger partial charge is 0.324 e. The first kappa shape index (κ1) is 12.5. The maximum absolute atomic E-state index is 12.5. The number of nitrogens with two attached hydrogens (primary N) is 1. The molecular weight excluding hydrogens is 217 g/mol. The predicted octanol–water partition coefficient (Wildman–Crippen LogP) is 2.99. The van der Waals surface area contributed by atoms with Crippen LogP contribution in [0.3, 0.4) is 0 Å². The number of nitriles is 1. The molecule has 0 amide bonds. The molecule has 0 spiro atoms. The molecule has 0 aliphatic rings. The Morgan fingerprint density at radius 3 is 2.44 bits per heavy atom. The van der Waals surface area contributed by atoms with Crippen LogP contribution in [-0.2, 0) is 6.18 Å². The zero-order chi connectivity index (χ0) is 12.3. The lowest BCUT2D eigenvalue weighted by atomic mass is 9.99. The fourth-order valence-corrected chi connectivity index (χ4v) is 1.33. The third kappa shape index (κ3) is 2.74. The van der Waals surface area contributed by atoms with Gasteiger partial charge < -0.3 is 5.73 Å². The first-order valence-corrected chi connectivity index (χ1v) is 4.76. The van der Waals surface area contributed by atoms with Gasteiger partial charge in [0.15, 0.2) is 0 Å². The maximum atomic E-state index is 12.5. The standard InChI is InChI=1S/C11H11F3N2/c1-2-10(16)8-3-7(6-15)4-9(5-8)11(12,13)14/h3-5,10H,2,16H2,1H3. The first-order valence-electron chi connectivity index (χ1n) is 4.76. The van der Waals surface area contributed by atoms with Gasteiger partial charge in [-0.15, -0.1) is 0 Å². The number of benzene rings is 1. The average molecular weight is 228 g/mol. The summed E-state index contributed by atoms with van der Waals surface area (Å²) in [7, 11) is 0. The van der Waals surface area contributed by atoms with Crippen LogP contribution < -0.4 is 5.73 Å². The Hall–Kier alpha value is -1.54. The summed E-state index contributed by atoms with van der Waals surface area (Å²) in [6.45, 7) is 1.77. The zero-order valence-electron chi connectivity index (χ0n) is 8.67. The molecule has 0 heterocycles. The van der Waals surface area contributed by atoms with E-state index in [1.807, 2.05) is 0 Å². The highest BCUT2D eigenvalue weighted by atomic mass is 19.4. The van der Waals surface area contributed by atoms with Crippen LogP contribution >= 0.6 is 0 Å². The molecule has 1 atom stereocenters. The number of halogens is 3. The van der Waals surface area contributed by atoms with Crippen LogP contribution in [0.2, 0.25) is 0 Å². The van der Waals surface area contributed by atoms with E-state index >= 15 is 0 Å². The molecule has 1 aromatic carbocycles. The van der Waals surface area contributed by atoms with Crippen LogP contribution in [0.5, 0.6) is 0 Å². The second-order valence-corrected chi connectivity index (χ2v) is 3.47. The zero-order valence-corrected chi connectivity index (χ0v) is 8.67. The first-order chi connectivity index (χ1) is 7.38. The third-order valence-electron chi connectivity index (χ3n) is 2.28. The molecule has 1 aromatic rings. The van der Waals surface area contributed by atoms with E-state index in [-0.39, 0.29) is 5.56 Å². The minimum Gasteiger partial charge on any atom is -0.324 e. The molecular formula is C11H11F3N2. The van der Waals surface area contributed by atoms with Crippen molar-refractivity contribution in [1.82, 2.24) is 0 Å². The summed E-state index contributed by atoms with van der Waals surface area (Å²) in [5, 5.41) is 8.65. The molecule has 0 aromatic heterocycles. The predicted molar refractivity (Wildman–Crippen MR) is 53.4 cm³/mol. The van der Waals surface area contributed by atoms with Gasteiger partial charge in [0.25, 0.3) is 0 Å². The molecule has 16 heavy (non-hydrogen) atoms. The largest absolute Gasteiger partial charge is 0.416 e. The Morgan fingerprint density at radius 2 is 2.00 bits per heavy atom. The SMILES string of the molecule is CCC(N)c1cc(C#N)cc(C(F)(F)F)c1. The van der Waals surface area contributed by atoms with Crippen LogP contribution in [0.4, 0.5) is 13.2 Å². The minimum absolute atomic E-state index is 0.0197.